The van der Waals surface area contributed by atoms with E-state index < -0.39 is 0 Å². The minimum atomic E-state index is 0.941. The van der Waals surface area contributed by atoms with Gasteiger partial charge in [0.1, 0.15) is 5.82 Å². The lowest BCUT2D eigenvalue weighted by Crippen LogP contribution is -2.21. The summed E-state index contributed by atoms with van der Waals surface area (Å²) in [5, 5.41) is 3.53. The van der Waals surface area contributed by atoms with Gasteiger partial charge in [0.2, 0.25) is 0 Å². The highest BCUT2D eigenvalue weighted by Gasteiger charge is 2.17. The molecule has 0 saturated carbocycles. The molecule has 2 aromatic rings. The number of aromatic nitrogens is 2. The number of nitrogens with zero attached hydrogens (tertiary/aromatic N) is 2. The lowest BCUT2D eigenvalue weighted by atomic mass is 10.0. The number of hydrogen-bond donors (Lipinski definition) is 1. The largest absolute Gasteiger partial charge is 0.331 e. The van der Waals surface area contributed by atoms with Gasteiger partial charge in [0.05, 0.1) is 5.69 Å². The van der Waals surface area contributed by atoms with E-state index in [4.69, 9.17) is 4.98 Å². The van der Waals surface area contributed by atoms with Crippen molar-refractivity contribution in [2.75, 3.05) is 6.54 Å². The Morgan fingerprint density at radius 1 is 1.15 bits per heavy atom. The molecule has 0 amide bonds. The SMILES string of the molecule is Cc1nc2c(n1CCNCc1ccccc1)CCCC2. The van der Waals surface area contributed by atoms with Crippen molar-refractivity contribution >= 4 is 0 Å². The van der Waals surface area contributed by atoms with Crippen LogP contribution in [0.5, 0.6) is 0 Å². The van der Waals surface area contributed by atoms with Gasteiger partial charge in [-0.15, -0.1) is 0 Å². The van der Waals surface area contributed by atoms with Crippen LogP contribution in [-0.2, 0) is 25.9 Å². The molecule has 0 fully saturated rings. The van der Waals surface area contributed by atoms with E-state index in [1.54, 1.807) is 0 Å². The monoisotopic (exact) mass is 269 g/mol. The quantitative estimate of drug-likeness (QED) is 0.846. The van der Waals surface area contributed by atoms with Gasteiger partial charge in [0, 0.05) is 25.3 Å². The first-order valence-corrected chi connectivity index (χ1v) is 7.64. The maximum Gasteiger partial charge on any atom is 0.106 e. The summed E-state index contributed by atoms with van der Waals surface area (Å²) in [5.41, 5.74) is 4.17. The van der Waals surface area contributed by atoms with Crippen LogP contribution >= 0.6 is 0 Å². The summed E-state index contributed by atoms with van der Waals surface area (Å²) in [6, 6.07) is 10.6. The highest BCUT2D eigenvalue weighted by atomic mass is 15.1. The molecule has 1 aliphatic carbocycles. The van der Waals surface area contributed by atoms with E-state index in [2.05, 4.69) is 47.1 Å². The van der Waals surface area contributed by atoms with Crippen molar-refractivity contribution in [2.45, 2.75) is 45.7 Å². The second kappa shape index (κ2) is 6.23. The van der Waals surface area contributed by atoms with E-state index in [1.165, 1.54) is 48.5 Å². The van der Waals surface area contributed by atoms with Crippen molar-refractivity contribution in [3.8, 4) is 0 Å². The van der Waals surface area contributed by atoms with Crippen LogP contribution in [-0.4, -0.2) is 16.1 Å². The molecule has 1 aliphatic rings. The van der Waals surface area contributed by atoms with Gasteiger partial charge in [-0.3, -0.25) is 0 Å². The van der Waals surface area contributed by atoms with Crippen LogP contribution in [0.25, 0.3) is 0 Å². The number of imidazole rings is 1. The fourth-order valence-corrected chi connectivity index (χ4v) is 3.05. The maximum absolute atomic E-state index is 4.72. The Hall–Kier alpha value is -1.61. The van der Waals surface area contributed by atoms with E-state index in [0.29, 0.717) is 0 Å². The standard InChI is InChI=1S/C17H23N3/c1-14-19-16-9-5-6-10-17(16)20(14)12-11-18-13-15-7-3-2-4-8-15/h2-4,7-8,18H,5-6,9-13H2,1H3. The summed E-state index contributed by atoms with van der Waals surface area (Å²) in [6.07, 6.45) is 4.99. The molecule has 0 radical (unpaired) electrons. The lowest BCUT2D eigenvalue weighted by Gasteiger charge is -2.15. The molecular formula is C17H23N3. The summed E-state index contributed by atoms with van der Waals surface area (Å²) >= 11 is 0. The maximum atomic E-state index is 4.72. The van der Waals surface area contributed by atoms with Crippen LogP contribution in [0.15, 0.2) is 30.3 Å². The van der Waals surface area contributed by atoms with Crippen LogP contribution in [0, 0.1) is 6.92 Å². The fourth-order valence-electron chi connectivity index (χ4n) is 3.05. The molecule has 20 heavy (non-hydrogen) atoms. The number of benzene rings is 1. The molecule has 1 heterocycles. The van der Waals surface area contributed by atoms with Crippen molar-refractivity contribution in [2.24, 2.45) is 0 Å². The minimum Gasteiger partial charge on any atom is -0.331 e. The highest BCUT2D eigenvalue weighted by Crippen LogP contribution is 2.21. The number of aryl methyl sites for hydroxylation is 2. The molecule has 1 aromatic carbocycles. The van der Waals surface area contributed by atoms with Crippen LogP contribution in [0.4, 0.5) is 0 Å². The lowest BCUT2D eigenvalue weighted by molar-refractivity contribution is 0.555. The van der Waals surface area contributed by atoms with E-state index in [9.17, 15) is 0 Å². The Bertz CT molecular complexity index is 557. The molecule has 0 atom stereocenters. The zero-order chi connectivity index (χ0) is 13.8. The Labute approximate surface area is 121 Å². The van der Waals surface area contributed by atoms with Gasteiger partial charge in [-0.1, -0.05) is 30.3 Å². The zero-order valence-corrected chi connectivity index (χ0v) is 12.2. The molecule has 0 unspecified atom stereocenters. The van der Waals surface area contributed by atoms with Crippen molar-refractivity contribution < 1.29 is 0 Å². The van der Waals surface area contributed by atoms with Crippen LogP contribution in [0.1, 0.15) is 35.6 Å². The predicted octanol–water partition coefficient (Wildman–Crippen LogP) is 2.86. The molecule has 0 aliphatic heterocycles. The summed E-state index contributed by atoms with van der Waals surface area (Å²) < 4.78 is 2.41. The van der Waals surface area contributed by atoms with Crippen LogP contribution < -0.4 is 5.32 Å². The average molecular weight is 269 g/mol. The van der Waals surface area contributed by atoms with Gasteiger partial charge in [0.15, 0.2) is 0 Å². The van der Waals surface area contributed by atoms with E-state index >= 15 is 0 Å². The van der Waals surface area contributed by atoms with Crippen molar-refractivity contribution in [1.29, 1.82) is 0 Å². The molecule has 1 aromatic heterocycles. The third kappa shape index (κ3) is 2.93. The zero-order valence-electron chi connectivity index (χ0n) is 12.2. The minimum absolute atomic E-state index is 0.941. The summed E-state index contributed by atoms with van der Waals surface area (Å²) in [6.45, 7) is 5.10. The first-order valence-electron chi connectivity index (χ1n) is 7.64. The van der Waals surface area contributed by atoms with Gasteiger partial charge in [0.25, 0.3) is 0 Å². The third-order valence-electron chi connectivity index (χ3n) is 4.11. The van der Waals surface area contributed by atoms with Gasteiger partial charge in [-0.2, -0.15) is 0 Å². The first kappa shape index (κ1) is 13.4. The molecule has 1 N–H and O–H groups in total. The van der Waals surface area contributed by atoms with Crippen molar-refractivity contribution in [3.05, 3.63) is 53.1 Å². The molecule has 3 heteroatoms. The third-order valence-corrected chi connectivity index (χ3v) is 4.11. The molecule has 106 valence electrons. The van der Waals surface area contributed by atoms with E-state index in [-0.39, 0.29) is 0 Å². The number of rotatable bonds is 5. The predicted molar refractivity (Wildman–Crippen MR) is 81.8 cm³/mol. The topological polar surface area (TPSA) is 29.9 Å². The summed E-state index contributed by atoms with van der Waals surface area (Å²) in [4.78, 5) is 4.72. The molecule has 3 nitrogen and oxygen atoms in total. The van der Waals surface area contributed by atoms with Crippen LogP contribution in [0.2, 0.25) is 0 Å². The Kier molecular flexibility index (Phi) is 4.16. The second-order valence-electron chi connectivity index (χ2n) is 5.57. The van der Waals surface area contributed by atoms with Crippen molar-refractivity contribution in [1.82, 2.24) is 14.9 Å². The number of fused-ring (bicyclic) bond motifs is 1. The van der Waals surface area contributed by atoms with Crippen LogP contribution in [0.3, 0.4) is 0 Å². The fraction of sp³-hybridized carbons (Fsp3) is 0.471. The molecular weight excluding hydrogens is 246 g/mol. The smallest absolute Gasteiger partial charge is 0.106 e. The molecule has 0 saturated heterocycles. The Morgan fingerprint density at radius 3 is 2.80 bits per heavy atom. The molecule has 0 spiro atoms. The number of nitrogens with one attached hydrogen (secondary N) is 1. The van der Waals surface area contributed by atoms with Gasteiger partial charge in [-0.25, -0.2) is 4.98 Å². The van der Waals surface area contributed by atoms with E-state index in [1.807, 2.05) is 0 Å². The van der Waals surface area contributed by atoms with Gasteiger partial charge >= 0.3 is 0 Å². The second-order valence-corrected chi connectivity index (χ2v) is 5.57. The molecule has 3 rings (SSSR count). The van der Waals surface area contributed by atoms with Gasteiger partial charge < -0.3 is 9.88 Å². The average Bonchev–Trinajstić information content (AvgIpc) is 2.80. The number of hydrogen-bond acceptors (Lipinski definition) is 2. The van der Waals surface area contributed by atoms with Gasteiger partial charge in [-0.05, 0) is 38.2 Å². The Morgan fingerprint density at radius 2 is 1.95 bits per heavy atom. The van der Waals surface area contributed by atoms with Crippen molar-refractivity contribution in [3.63, 3.8) is 0 Å². The highest BCUT2D eigenvalue weighted by molar-refractivity contribution is 5.20. The normalized spacial score (nSPS) is 14.2. The Balaban J connectivity index is 1.55. The molecule has 0 bridgehead atoms. The summed E-state index contributed by atoms with van der Waals surface area (Å²) in [5.74, 6) is 1.18. The summed E-state index contributed by atoms with van der Waals surface area (Å²) in [7, 11) is 0. The van der Waals surface area contributed by atoms with E-state index in [0.717, 1.165) is 19.6 Å². The first-order chi connectivity index (χ1) is 9.84.